The van der Waals surface area contributed by atoms with Crippen molar-refractivity contribution in [2.75, 3.05) is 25.7 Å². The van der Waals surface area contributed by atoms with Gasteiger partial charge in [0.15, 0.2) is 0 Å². The number of thiazole rings is 1. The van der Waals surface area contributed by atoms with Crippen LogP contribution in [0.15, 0.2) is 53.6 Å². The van der Waals surface area contributed by atoms with E-state index in [2.05, 4.69) is 4.98 Å². The molecule has 166 valence electrons. The Hall–Kier alpha value is -3.53. The third-order valence-corrected chi connectivity index (χ3v) is 5.84. The number of ether oxygens (including phenoxy) is 2. The Balaban J connectivity index is 1.61. The lowest BCUT2D eigenvalue weighted by Gasteiger charge is -2.20. The van der Waals surface area contributed by atoms with Crippen LogP contribution in [-0.2, 0) is 6.18 Å². The van der Waals surface area contributed by atoms with Crippen molar-refractivity contribution < 1.29 is 27.8 Å². The van der Waals surface area contributed by atoms with E-state index >= 15 is 0 Å². The van der Waals surface area contributed by atoms with Crippen LogP contribution < -0.4 is 14.4 Å². The second-order valence-electron chi connectivity index (χ2n) is 6.94. The predicted molar refractivity (Wildman–Crippen MR) is 117 cm³/mol. The predicted octanol–water partition coefficient (Wildman–Crippen LogP) is 5.61. The maximum atomic E-state index is 12.8. The molecule has 0 fully saturated rings. The van der Waals surface area contributed by atoms with Crippen molar-refractivity contribution in [2.45, 2.75) is 6.18 Å². The molecule has 3 aromatic rings. The minimum Gasteiger partial charge on any atom is -0.510 e. The molecule has 0 radical (unpaired) electrons. The van der Waals surface area contributed by atoms with Gasteiger partial charge in [0.1, 0.15) is 28.1 Å². The Morgan fingerprint density at radius 2 is 1.69 bits per heavy atom. The fraction of sp³-hybridized carbons (Fsp3) is 0.182. The Morgan fingerprint density at radius 1 is 1.06 bits per heavy atom. The number of aliphatic hydroxyl groups is 1. The SMILES string of the molecule is COc1cc(OC)cc(N2CC(O)=C(c3nc(-c4ccc(C(F)(F)F)cc4)cs3)C2=N)c1. The molecule has 0 bridgehead atoms. The van der Waals surface area contributed by atoms with Gasteiger partial charge in [-0.3, -0.25) is 5.41 Å². The molecule has 0 spiro atoms. The van der Waals surface area contributed by atoms with Crippen LogP contribution in [0.5, 0.6) is 11.5 Å². The molecule has 1 aromatic heterocycles. The minimum atomic E-state index is -4.41. The van der Waals surface area contributed by atoms with E-state index in [-0.39, 0.29) is 23.7 Å². The summed E-state index contributed by atoms with van der Waals surface area (Å²) in [4.78, 5) is 6.05. The molecule has 2 N–H and O–H groups in total. The number of halogens is 3. The number of benzene rings is 2. The first-order valence-corrected chi connectivity index (χ1v) is 10.2. The van der Waals surface area contributed by atoms with Gasteiger partial charge >= 0.3 is 6.18 Å². The van der Waals surface area contributed by atoms with Crippen LogP contribution in [0.25, 0.3) is 16.8 Å². The van der Waals surface area contributed by atoms with Crippen LogP contribution in [0.3, 0.4) is 0 Å². The third-order valence-electron chi connectivity index (χ3n) is 4.98. The van der Waals surface area contributed by atoms with E-state index in [9.17, 15) is 18.3 Å². The number of anilines is 1. The molecule has 1 aliphatic rings. The van der Waals surface area contributed by atoms with Gasteiger partial charge in [0.05, 0.1) is 43.3 Å². The summed E-state index contributed by atoms with van der Waals surface area (Å²) in [6.07, 6.45) is -4.41. The van der Waals surface area contributed by atoms with Crippen molar-refractivity contribution in [3.05, 3.63) is 64.2 Å². The molecule has 0 saturated carbocycles. The number of amidine groups is 1. The van der Waals surface area contributed by atoms with Crippen molar-refractivity contribution in [3.8, 4) is 22.8 Å². The van der Waals surface area contributed by atoms with Gasteiger partial charge in [-0.25, -0.2) is 4.98 Å². The maximum absolute atomic E-state index is 12.8. The summed E-state index contributed by atoms with van der Waals surface area (Å²) in [7, 11) is 3.04. The van der Waals surface area contributed by atoms with Gasteiger partial charge in [0.25, 0.3) is 0 Å². The molecule has 2 heterocycles. The summed E-state index contributed by atoms with van der Waals surface area (Å²) < 4.78 is 48.9. The highest BCUT2D eigenvalue weighted by atomic mass is 32.1. The normalized spacial score (nSPS) is 14.3. The Kier molecular flexibility index (Phi) is 5.55. The summed E-state index contributed by atoms with van der Waals surface area (Å²) in [5, 5.41) is 21.3. The number of nitrogens with zero attached hydrogens (tertiary/aromatic N) is 2. The van der Waals surface area contributed by atoms with Crippen molar-refractivity contribution in [3.63, 3.8) is 0 Å². The van der Waals surface area contributed by atoms with Crippen molar-refractivity contribution in [1.29, 1.82) is 5.41 Å². The molecular formula is C22H18F3N3O3S. The van der Waals surface area contributed by atoms with E-state index in [1.807, 2.05) is 0 Å². The Morgan fingerprint density at radius 3 is 2.25 bits per heavy atom. The van der Waals surface area contributed by atoms with Gasteiger partial charge in [0, 0.05) is 29.1 Å². The largest absolute Gasteiger partial charge is 0.510 e. The van der Waals surface area contributed by atoms with Crippen molar-refractivity contribution in [2.24, 2.45) is 0 Å². The summed E-state index contributed by atoms with van der Waals surface area (Å²) in [6, 6.07) is 9.86. The van der Waals surface area contributed by atoms with Gasteiger partial charge < -0.3 is 19.5 Å². The van der Waals surface area contributed by atoms with Crippen LogP contribution in [0.4, 0.5) is 18.9 Å². The highest BCUT2D eigenvalue weighted by molar-refractivity contribution is 7.11. The standard InChI is InChI=1S/C22H18F3N3O3S/c1-30-15-7-14(8-16(9-15)31-2)28-10-18(29)19(20(28)26)21-27-17(11-32-21)12-3-5-13(6-4-12)22(23,24)25/h3-9,11,26,29H,10H2,1-2H3. The maximum Gasteiger partial charge on any atom is 0.416 e. The first-order valence-electron chi connectivity index (χ1n) is 9.36. The molecule has 4 rings (SSSR count). The topological polar surface area (TPSA) is 78.7 Å². The summed E-state index contributed by atoms with van der Waals surface area (Å²) in [5.41, 5.74) is 1.12. The number of methoxy groups -OCH3 is 2. The molecule has 32 heavy (non-hydrogen) atoms. The monoisotopic (exact) mass is 461 g/mol. The second kappa shape index (κ2) is 8.19. The zero-order chi connectivity index (χ0) is 23.0. The first kappa shape index (κ1) is 21.7. The van der Waals surface area contributed by atoms with Crippen LogP contribution in [0, 0.1) is 5.41 Å². The lowest BCUT2D eigenvalue weighted by atomic mass is 10.1. The molecule has 0 unspecified atom stereocenters. The summed E-state index contributed by atoms with van der Waals surface area (Å²) in [5.74, 6) is 1.11. The fourth-order valence-electron chi connectivity index (χ4n) is 3.32. The van der Waals surface area contributed by atoms with Gasteiger partial charge in [-0.1, -0.05) is 12.1 Å². The lowest BCUT2D eigenvalue weighted by Crippen LogP contribution is -2.26. The molecule has 2 aromatic carbocycles. The number of aromatic nitrogens is 1. The molecule has 0 saturated heterocycles. The quantitative estimate of drug-likeness (QED) is 0.516. The van der Waals surface area contributed by atoms with Crippen LogP contribution >= 0.6 is 11.3 Å². The number of aliphatic hydroxyl groups excluding tert-OH is 1. The molecule has 0 amide bonds. The third kappa shape index (κ3) is 4.01. The van der Waals surface area contributed by atoms with Gasteiger partial charge in [0.2, 0.25) is 0 Å². The van der Waals surface area contributed by atoms with E-state index in [4.69, 9.17) is 14.9 Å². The highest BCUT2D eigenvalue weighted by Crippen LogP contribution is 2.37. The van der Waals surface area contributed by atoms with E-state index in [1.54, 1.807) is 28.5 Å². The number of hydrogen-bond acceptors (Lipinski definition) is 6. The molecular weight excluding hydrogens is 443 g/mol. The number of hydrogen-bond donors (Lipinski definition) is 2. The molecule has 6 nitrogen and oxygen atoms in total. The van der Waals surface area contributed by atoms with E-state index in [1.165, 1.54) is 37.7 Å². The minimum absolute atomic E-state index is 0.0230. The highest BCUT2D eigenvalue weighted by Gasteiger charge is 2.32. The number of rotatable bonds is 5. The van der Waals surface area contributed by atoms with E-state index < -0.39 is 11.7 Å². The fourth-order valence-corrected chi connectivity index (χ4v) is 4.22. The Labute approximate surface area is 185 Å². The van der Waals surface area contributed by atoms with Gasteiger partial charge in [-0.15, -0.1) is 11.3 Å². The zero-order valence-electron chi connectivity index (χ0n) is 17.0. The average molecular weight is 461 g/mol. The number of nitrogens with one attached hydrogen (secondary N) is 1. The van der Waals surface area contributed by atoms with Crippen LogP contribution in [-0.4, -0.2) is 36.7 Å². The first-order chi connectivity index (χ1) is 15.2. The molecule has 1 aliphatic heterocycles. The molecule has 10 heteroatoms. The zero-order valence-corrected chi connectivity index (χ0v) is 17.8. The van der Waals surface area contributed by atoms with Crippen molar-refractivity contribution >= 4 is 28.4 Å². The molecule has 0 atom stereocenters. The van der Waals surface area contributed by atoms with Crippen LogP contribution in [0.2, 0.25) is 0 Å². The van der Waals surface area contributed by atoms with Crippen LogP contribution in [0.1, 0.15) is 10.6 Å². The average Bonchev–Trinajstić information content (AvgIpc) is 3.36. The molecule has 0 aliphatic carbocycles. The van der Waals surface area contributed by atoms with E-state index in [0.717, 1.165) is 12.1 Å². The summed E-state index contributed by atoms with van der Waals surface area (Å²) in [6.45, 7) is 0.0691. The second-order valence-corrected chi connectivity index (χ2v) is 7.80. The van der Waals surface area contributed by atoms with E-state index in [0.29, 0.717) is 33.5 Å². The lowest BCUT2D eigenvalue weighted by molar-refractivity contribution is -0.137. The summed E-state index contributed by atoms with van der Waals surface area (Å²) >= 11 is 1.20. The van der Waals surface area contributed by atoms with Gasteiger partial charge in [-0.2, -0.15) is 13.2 Å². The van der Waals surface area contributed by atoms with Gasteiger partial charge in [-0.05, 0) is 12.1 Å². The Bertz CT molecular complexity index is 1180. The smallest absolute Gasteiger partial charge is 0.416 e. The number of alkyl halides is 3. The van der Waals surface area contributed by atoms with Crippen molar-refractivity contribution in [1.82, 2.24) is 4.98 Å².